The lowest BCUT2D eigenvalue weighted by Gasteiger charge is -2.15. The number of ether oxygens (including phenoxy) is 1. The molecule has 0 atom stereocenters. The van der Waals surface area contributed by atoms with Gasteiger partial charge in [0.2, 0.25) is 5.91 Å². The molecule has 1 amide bonds. The molecule has 0 aromatic carbocycles. The van der Waals surface area contributed by atoms with Crippen molar-refractivity contribution in [3.8, 4) is 5.75 Å². The molecular weight excluding hydrogens is 180 g/mol. The molecule has 0 saturated carbocycles. The first kappa shape index (κ1) is 8.99. The summed E-state index contributed by atoms with van der Waals surface area (Å²) < 4.78 is 5.05. The molecule has 2 heterocycles. The van der Waals surface area contributed by atoms with Gasteiger partial charge < -0.3 is 9.64 Å². The highest BCUT2D eigenvalue weighted by Crippen LogP contribution is 2.23. The zero-order valence-electron chi connectivity index (χ0n) is 8.06. The van der Waals surface area contributed by atoms with Crippen molar-refractivity contribution in [2.24, 2.45) is 0 Å². The Bertz CT molecular complexity index is 352. The molecule has 4 heteroatoms. The number of aromatic nitrogens is 1. The summed E-state index contributed by atoms with van der Waals surface area (Å²) in [4.78, 5) is 17.2. The fourth-order valence-electron chi connectivity index (χ4n) is 1.59. The lowest BCUT2D eigenvalue weighted by molar-refractivity contribution is -0.117. The predicted molar refractivity (Wildman–Crippen MR) is 52.4 cm³/mol. The summed E-state index contributed by atoms with van der Waals surface area (Å²) in [5, 5.41) is 0. The Labute approximate surface area is 82.5 Å². The Morgan fingerprint density at radius 3 is 3.00 bits per heavy atom. The minimum Gasteiger partial charge on any atom is -0.495 e. The lowest BCUT2D eigenvalue weighted by Crippen LogP contribution is -2.23. The molecule has 1 aromatic heterocycles. The van der Waals surface area contributed by atoms with Crippen LogP contribution < -0.4 is 9.64 Å². The van der Waals surface area contributed by atoms with E-state index in [4.69, 9.17) is 4.74 Å². The molecule has 0 N–H and O–H groups in total. The van der Waals surface area contributed by atoms with E-state index in [1.165, 1.54) is 0 Å². The van der Waals surface area contributed by atoms with Crippen LogP contribution in [-0.2, 0) is 4.79 Å². The smallest absolute Gasteiger partial charge is 0.227 e. The highest BCUT2D eigenvalue weighted by atomic mass is 16.5. The van der Waals surface area contributed by atoms with Crippen LogP contribution in [-0.4, -0.2) is 24.5 Å². The third kappa shape index (κ3) is 1.55. The number of carbonyl (C=O) groups is 1. The standard InChI is InChI=1S/C10H12N2O2/c1-14-9-5-8(6-11-7-9)12-4-2-3-10(12)13/h5-7H,2-4H2,1H3. The van der Waals surface area contributed by atoms with Gasteiger partial charge in [-0.1, -0.05) is 0 Å². The van der Waals surface area contributed by atoms with Gasteiger partial charge in [0.05, 0.1) is 25.2 Å². The van der Waals surface area contributed by atoms with Crippen molar-refractivity contribution in [2.75, 3.05) is 18.6 Å². The van der Waals surface area contributed by atoms with Gasteiger partial charge in [0.1, 0.15) is 5.75 Å². The SMILES string of the molecule is COc1cncc(N2CCCC2=O)c1. The number of pyridine rings is 1. The van der Waals surface area contributed by atoms with E-state index in [0.29, 0.717) is 12.2 Å². The minimum atomic E-state index is 0.167. The van der Waals surface area contributed by atoms with Gasteiger partial charge in [-0.3, -0.25) is 9.78 Å². The van der Waals surface area contributed by atoms with Crippen LogP contribution in [0.5, 0.6) is 5.75 Å². The number of nitrogens with zero attached hydrogens (tertiary/aromatic N) is 2. The van der Waals surface area contributed by atoms with Crippen LogP contribution in [0.1, 0.15) is 12.8 Å². The van der Waals surface area contributed by atoms with Crippen molar-refractivity contribution < 1.29 is 9.53 Å². The Kier molecular flexibility index (Phi) is 2.35. The van der Waals surface area contributed by atoms with Crippen LogP contribution in [0, 0.1) is 0 Å². The van der Waals surface area contributed by atoms with Gasteiger partial charge in [-0.2, -0.15) is 0 Å². The van der Waals surface area contributed by atoms with E-state index in [2.05, 4.69) is 4.98 Å². The zero-order valence-corrected chi connectivity index (χ0v) is 8.06. The number of methoxy groups -OCH3 is 1. The maximum atomic E-state index is 11.4. The number of carbonyl (C=O) groups excluding carboxylic acids is 1. The van der Waals surface area contributed by atoms with Gasteiger partial charge in [0, 0.05) is 19.0 Å². The van der Waals surface area contributed by atoms with E-state index in [1.54, 1.807) is 24.4 Å². The molecule has 0 bridgehead atoms. The third-order valence-corrected chi connectivity index (χ3v) is 2.32. The number of rotatable bonds is 2. The fourth-order valence-corrected chi connectivity index (χ4v) is 1.59. The zero-order chi connectivity index (χ0) is 9.97. The van der Waals surface area contributed by atoms with Crippen LogP contribution in [0.2, 0.25) is 0 Å². The van der Waals surface area contributed by atoms with E-state index in [-0.39, 0.29) is 5.91 Å². The highest BCUT2D eigenvalue weighted by Gasteiger charge is 2.21. The van der Waals surface area contributed by atoms with Crippen molar-refractivity contribution in [1.29, 1.82) is 0 Å². The van der Waals surface area contributed by atoms with E-state index in [0.717, 1.165) is 18.7 Å². The lowest BCUT2D eigenvalue weighted by atomic mass is 10.3. The molecule has 74 valence electrons. The molecule has 1 fully saturated rings. The van der Waals surface area contributed by atoms with Gasteiger partial charge in [-0.05, 0) is 6.42 Å². The molecule has 0 radical (unpaired) electrons. The number of anilines is 1. The van der Waals surface area contributed by atoms with Crippen LogP contribution in [0.4, 0.5) is 5.69 Å². The van der Waals surface area contributed by atoms with Crippen molar-refractivity contribution in [1.82, 2.24) is 4.98 Å². The summed E-state index contributed by atoms with van der Waals surface area (Å²) in [6, 6.07) is 1.83. The number of hydrogen-bond acceptors (Lipinski definition) is 3. The minimum absolute atomic E-state index is 0.167. The molecule has 1 aromatic rings. The summed E-state index contributed by atoms with van der Waals surface area (Å²) in [6.45, 7) is 0.785. The van der Waals surface area contributed by atoms with E-state index in [9.17, 15) is 4.79 Å². The molecular formula is C10H12N2O2. The third-order valence-electron chi connectivity index (χ3n) is 2.32. The summed E-state index contributed by atoms with van der Waals surface area (Å²) in [5.41, 5.74) is 0.826. The van der Waals surface area contributed by atoms with Crippen LogP contribution in [0.25, 0.3) is 0 Å². The maximum absolute atomic E-state index is 11.4. The van der Waals surface area contributed by atoms with Gasteiger partial charge >= 0.3 is 0 Å². The Hall–Kier alpha value is -1.58. The highest BCUT2D eigenvalue weighted by molar-refractivity contribution is 5.95. The predicted octanol–water partition coefficient (Wildman–Crippen LogP) is 1.22. The van der Waals surface area contributed by atoms with Crippen LogP contribution >= 0.6 is 0 Å². The second-order valence-electron chi connectivity index (χ2n) is 3.23. The molecule has 1 aliphatic heterocycles. The molecule has 2 rings (SSSR count). The van der Waals surface area contributed by atoms with Crippen LogP contribution in [0.15, 0.2) is 18.5 Å². The maximum Gasteiger partial charge on any atom is 0.227 e. The van der Waals surface area contributed by atoms with Crippen molar-refractivity contribution in [2.45, 2.75) is 12.8 Å². The van der Waals surface area contributed by atoms with Crippen LogP contribution in [0.3, 0.4) is 0 Å². The van der Waals surface area contributed by atoms with Gasteiger partial charge in [0.25, 0.3) is 0 Å². The molecule has 0 unspecified atom stereocenters. The largest absolute Gasteiger partial charge is 0.495 e. The monoisotopic (exact) mass is 192 g/mol. The summed E-state index contributed by atoms with van der Waals surface area (Å²) in [5.74, 6) is 0.849. The first-order valence-corrected chi connectivity index (χ1v) is 4.60. The second-order valence-corrected chi connectivity index (χ2v) is 3.23. The molecule has 0 aliphatic carbocycles. The molecule has 14 heavy (non-hydrogen) atoms. The quantitative estimate of drug-likeness (QED) is 0.707. The van der Waals surface area contributed by atoms with Crippen molar-refractivity contribution in [3.05, 3.63) is 18.5 Å². The van der Waals surface area contributed by atoms with E-state index in [1.807, 2.05) is 6.07 Å². The van der Waals surface area contributed by atoms with Gasteiger partial charge in [-0.25, -0.2) is 0 Å². The molecule has 4 nitrogen and oxygen atoms in total. The van der Waals surface area contributed by atoms with Gasteiger partial charge in [-0.15, -0.1) is 0 Å². The second kappa shape index (κ2) is 3.65. The van der Waals surface area contributed by atoms with E-state index < -0.39 is 0 Å². The first-order valence-electron chi connectivity index (χ1n) is 4.60. The van der Waals surface area contributed by atoms with E-state index >= 15 is 0 Å². The summed E-state index contributed by atoms with van der Waals surface area (Å²) in [7, 11) is 1.59. The Balaban J connectivity index is 2.26. The topological polar surface area (TPSA) is 42.4 Å². The summed E-state index contributed by atoms with van der Waals surface area (Å²) in [6.07, 6.45) is 4.88. The molecule has 0 spiro atoms. The average Bonchev–Trinajstić information content (AvgIpc) is 2.65. The fraction of sp³-hybridized carbons (Fsp3) is 0.400. The normalized spacial score (nSPS) is 16.1. The Morgan fingerprint density at radius 2 is 2.36 bits per heavy atom. The van der Waals surface area contributed by atoms with Crippen molar-refractivity contribution in [3.63, 3.8) is 0 Å². The van der Waals surface area contributed by atoms with Gasteiger partial charge in [0.15, 0.2) is 0 Å². The molecule has 1 aliphatic rings. The number of amides is 1. The Morgan fingerprint density at radius 1 is 1.50 bits per heavy atom. The molecule has 1 saturated heterocycles. The summed E-state index contributed by atoms with van der Waals surface area (Å²) >= 11 is 0. The first-order chi connectivity index (χ1) is 6.81. The number of hydrogen-bond donors (Lipinski definition) is 0. The van der Waals surface area contributed by atoms with Crippen molar-refractivity contribution >= 4 is 11.6 Å². The average molecular weight is 192 g/mol.